The summed E-state index contributed by atoms with van der Waals surface area (Å²) in [6.07, 6.45) is 0. The lowest BCUT2D eigenvalue weighted by molar-refractivity contribution is 0.248. The zero-order valence-corrected chi connectivity index (χ0v) is 11.8. The van der Waals surface area contributed by atoms with Crippen LogP contribution in [0.4, 0.5) is 11.4 Å². The highest BCUT2D eigenvalue weighted by Crippen LogP contribution is 2.44. The summed E-state index contributed by atoms with van der Waals surface area (Å²) in [7, 11) is 0. The molecule has 4 nitrogen and oxygen atoms in total. The lowest BCUT2D eigenvalue weighted by Gasteiger charge is -2.30. The SMILES string of the molecule is CCN(CC)CC1COc2c(N)ccc(N)c2S1. The number of rotatable bonds is 4. The fourth-order valence-corrected chi connectivity index (χ4v) is 3.34. The molecular formula is C13H21N3OS. The molecule has 0 bridgehead atoms. The normalized spacial score (nSPS) is 18.5. The van der Waals surface area contributed by atoms with Crippen LogP contribution in [-0.4, -0.2) is 36.4 Å². The van der Waals surface area contributed by atoms with Gasteiger partial charge in [-0.15, -0.1) is 11.8 Å². The van der Waals surface area contributed by atoms with Gasteiger partial charge in [-0.25, -0.2) is 0 Å². The summed E-state index contributed by atoms with van der Waals surface area (Å²) in [5.41, 5.74) is 13.3. The van der Waals surface area contributed by atoms with Crippen molar-refractivity contribution >= 4 is 23.1 Å². The average Bonchev–Trinajstić information content (AvgIpc) is 2.40. The Morgan fingerprint density at radius 3 is 2.61 bits per heavy atom. The highest BCUT2D eigenvalue weighted by Gasteiger charge is 2.25. The van der Waals surface area contributed by atoms with E-state index in [4.69, 9.17) is 16.2 Å². The molecule has 1 atom stereocenters. The molecule has 100 valence electrons. The molecule has 2 rings (SSSR count). The Morgan fingerprint density at radius 2 is 1.94 bits per heavy atom. The van der Waals surface area contributed by atoms with Gasteiger partial charge in [0.25, 0.3) is 0 Å². The van der Waals surface area contributed by atoms with Crippen molar-refractivity contribution < 1.29 is 4.74 Å². The Hall–Kier alpha value is -1.07. The van der Waals surface area contributed by atoms with Crippen LogP contribution in [0.1, 0.15) is 13.8 Å². The number of thioether (sulfide) groups is 1. The van der Waals surface area contributed by atoms with Crippen molar-refractivity contribution in [2.24, 2.45) is 0 Å². The molecule has 0 saturated carbocycles. The van der Waals surface area contributed by atoms with E-state index in [1.807, 2.05) is 6.07 Å². The van der Waals surface area contributed by atoms with Crippen LogP contribution in [0, 0.1) is 0 Å². The van der Waals surface area contributed by atoms with Gasteiger partial charge >= 0.3 is 0 Å². The molecule has 0 saturated heterocycles. The summed E-state index contributed by atoms with van der Waals surface area (Å²) < 4.78 is 5.79. The second-order valence-electron chi connectivity index (χ2n) is 4.44. The Bertz CT molecular complexity index is 421. The molecule has 0 aliphatic carbocycles. The van der Waals surface area contributed by atoms with E-state index < -0.39 is 0 Å². The average molecular weight is 267 g/mol. The van der Waals surface area contributed by atoms with Crippen molar-refractivity contribution in [2.75, 3.05) is 37.7 Å². The first-order valence-electron chi connectivity index (χ1n) is 6.35. The first-order chi connectivity index (χ1) is 8.65. The van der Waals surface area contributed by atoms with Crippen LogP contribution >= 0.6 is 11.8 Å². The third kappa shape index (κ3) is 2.67. The number of nitrogens with zero attached hydrogens (tertiary/aromatic N) is 1. The maximum absolute atomic E-state index is 6.00. The third-order valence-electron chi connectivity index (χ3n) is 3.23. The van der Waals surface area contributed by atoms with Crippen molar-refractivity contribution in [3.05, 3.63) is 12.1 Å². The first-order valence-corrected chi connectivity index (χ1v) is 7.23. The van der Waals surface area contributed by atoms with Crippen molar-refractivity contribution in [2.45, 2.75) is 24.0 Å². The number of fused-ring (bicyclic) bond motifs is 1. The molecule has 1 unspecified atom stereocenters. The fraction of sp³-hybridized carbons (Fsp3) is 0.538. The minimum atomic E-state index is 0.418. The van der Waals surface area contributed by atoms with Crippen molar-refractivity contribution in [3.8, 4) is 5.75 Å². The van der Waals surface area contributed by atoms with Crippen LogP contribution in [0.25, 0.3) is 0 Å². The molecule has 5 heteroatoms. The van der Waals surface area contributed by atoms with Crippen LogP contribution in [0.2, 0.25) is 0 Å². The molecule has 0 amide bonds. The summed E-state index contributed by atoms with van der Waals surface area (Å²) in [4.78, 5) is 3.40. The molecule has 0 spiro atoms. The standard InChI is InChI=1S/C13H21N3OS/c1-3-16(4-2)7-9-8-17-12-10(14)5-6-11(15)13(12)18-9/h5-6,9H,3-4,7-8,14-15H2,1-2H3. The molecule has 1 aromatic rings. The van der Waals surface area contributed by atoms with Crippen molar-refractivity contribution in [3.63, 3.8) is 0 Å². The molecule has 1 aliphatic heterocycles. The summed E-state index contributed by atoms with van der Waals surface area (Å²) >= 11 is 1.79. The zero-order chi connectivity index (χ0) is 13.1. The van der Waals surface area contributed by atoms with E-state index in [9.17, 15) is 0 Å². The summed E-state index contributed by atoms with van der Waals surface area (Å²) in [6, 6.07) is 3.66. The third-order valence-corrected chi connectivity index (χ3v) is 4.50. The number of nitrogen functional groups attached to an aromatic ring is 2. The van der Waals surface area contributed by atoms with Gasteiger partial charge in [-0.05, 0) is 25.2 Å². The fourth-order valence-electron chi connectivity index (χ4n) is 2.10. The molecule has 1 heterocycles. The van der Waals surface area contributed by atoms with Gasteiger partial charge in [0.15, 0.2) is 5.75 Å². The van der Waals surface area contributed by atoms with Gasteiger partial charge < -0.3 is 21.1 Å². The van der Waals surface area contributed by atoms with E-state index in [0.717, 1.165) is 36.0 Å². The van der Waals surface area contributed by atoms with Crippen molar-refractivity contribution in [1.82, 2.24) is 4.90 Å². The molecular weight excluding hydrogens is 246 g/mol. The summed E-state index contributed by atoms with van der Waals surface area (Å²) in [5, 5.41) is 0.418. The van der Waals surface area contributed by atoms with Crippen molar-refractivity contribution in [1.29, 1.82) is 0 Å². The second-order valence-corrected chi connectivity index (χ2v) is 5.75. The highest BCUT2D eigenvalue weighted by atomic mass is 32.2. The Kier molecular flexibility index (Phi) is 4.24. The summed E-state index contributed by atoms with van der Waals surface area (Å²) in [6.45, 7) is 8.20. The van der Waals surface area contributed by atoms with Gasteiger partial charge in [-0.2, -0.15) is 0 Å². The number of ether oxygens (including phenoxy) is 1. The van der Waals surface area contributed by atoms with Gasteiger partial charge in [-0.1, -0.05) is 13.8 Å². The lowest BCUT2D eigenvalue weighted by Crippen LogP contribution is -2.35. The predicted octanol–water partition coefficient (Wildman–Crippen LogP) is 2.05. The maximum atomic E-state index is 6.00. The van der Waals surface area contributed by atoms with E-state index in [0.29, 0.717) is 17.5 Å². The second kappa shape index (κ2) is 5.71. The molecule has 1 aromatic carbocycles. The van der Waals surface area contributed by atoms with E-state index in [2.05, 4.69) is 18.7 Å². The molecule has 4 N–H and O–H groups in total. The molecule has 0 aromatic heterocycles. The number of anilines is 2. The smallest absolute Gasteiger partial charge is 0.157 e. The molecule has 1 aliphatic rings. The van der Waals surface area contributed by atoms with E-state index in [-0.39, 0.29) is 0 Å². The number of hydrogen-bond donors (Lipinski definition) is 2. The predicted molar refractivity (Wildman–Crippen MR) is 78.2 cm³/mol. The van der Waals surface area contributed by atoms with Gasteiger partial charge in [0.2, 0.25) is 0 Å². The minimum Gasteiger partial charge on any atom is -0.489 e. The van der Waals surface area contributed by atoms with E-state index in [1.165, 1.54) is 0 Å². The van der Waals surface area contributed by atoms with E-state index in [1.54, 1.807) is 17.8 Å². The van der Waals surface area contributed by atoms with Crippen LogP contribution in [-0.2, 0) is 0 Å². The topological polar surface area (TPSA) is 64.5 Å². The molecule has 18 heavy (non-hydrogen) atoms. The van der Waals surface area contributed by atoms with Gasteiger partial charge in [0, 0.05) is 12.2 Å². The maximum Gasteiger partial charge on any atom is 0.157 e. The summed E-state index contributed by atoms with van der Waals surface area (Å²) in [5.74, 6) is 0.760. The van der Waals surface area contributed by atoms with Crippen LogP contribution in [0.3, 0.4) is 0 Å². The number of benzene rings is 1. The van der Waals surface area contributed by atoms with E-state index >= 15 is 0 Å². The lowest BCUT2D eigenvalue weighted by atomic mass is 10.2. The largest absolute Gasteiger partial charge is 0.489 e. The molecule has 0 radical (unpaired) electrons. The van der Waals surface area contributed by atoms with Gasteiger partial charge in [0.1, 0.15) is 6.61 Å². The quantitative estimate of drug-likeness (QED) is 0.817. The van der Waals surface area contributed by atoms with Crippen LogP contribution in [0.5, 0.6) is 5.75 Å². The Balaban J connectivity index is 2.12. The van der Waals surface area contributed by atoms with Gasteiger partial charge in [-0.3, -0.25) is 0 Å². The number of hydrogen-bond acceptors (Lipinski definition) is 5. The first kappa shape index (κ1) is 13.4. The Labute approximate surface area is 113 Å². The van der Waals surface area contributed by atoms with Crippen LogP contribution in [0.15, 0.2) is 17.0 Å². The van der Waals surface area contributed by atoms with Crippen LogP contribution < -0.4 is 16.2 Å². The zero-order valence-electron chi connectivity index (χ0n) is 11.0. The monoisotopic (exact) mass is 267 g/mol. The number of nitrogens with two attached hydrogens (primary N) is 2. The van der Waals surface area contributed by atoms with Gasteiger partial charge in [0.05, 0.1) is 15.8 Å². The highest BCUT2D eigenvalue weighted by molar-refractivity contribution is 8.00. The Morgan fingerprint density at radius 1 is 1.28 bits per heavy atom. The molecule has 0 fully saturated rings. The minimum absolute atomic E-state index is 0.418.